The van der Waals surface area contributed by atoms with Gasteiger partial charge in [0.2, 0.25) is 11.8 Å². The Morgan fingerprint density at radius 2 is 1.90 bits per heavy atom. The van der Waals surface area contributed by atoms with Crippen molar-refractivity contribution in [2.45, 2.75) is 18.6 Å². The van der Waals surface area contributed by atoms with Gasteiger partial charge in [0.15, 0.2) is 0 Å². The third kappa shape index (κ3) is 5.41. The summed E-state index contributed by atoms with van der Waals surface area (Å²) in [5, 5.41) is 2.79. The van der Waals surface area contributed by atoms with Gasteiger partial charge < -0.3 is 15.1 Å². The Balaban J connectivity index is 1.66. The number of hydrogen-bond donors (Lipinski definition) is 1. The molecule has 3 rings (SSSR count). The maximum absolute atomic E-state index is 13.6. The Morgan fingerprint density at radius 3 is 2.55 bits per heavy atom. The minimum Gasteiger partial charge on any atom is -0.354 e. The molecule has 1 heterocycles. The average Bonchev–Trinajstić information content (AvgIpc) is 3.09. The number of rotatable bonds is 6. The molecule has 0 aliphatic carbocycles. The molecule has 5 nitrogen and oxygen atoms in total. The first kappa shape index (κ1) is 22.7. The molecule has 2 aromatic rings. The quantitative estimate of drug-likeness (QED) is 0.703. The molecule has 2 amide bonds. The predicted octanol–water partition coefficient (Wildman–Crippen LogP) is 3.62. The third-order valence-electron chi connectivity index (χ3n) is 5.31. The van der Waals surface area contributed by atoms with Crippen LogP contribution in [0.25, 0.3) is 0 Å². The molecule has 0 spiro atoms. The lowest BCUT2D eigenvalue weighted by Crippen LogP contribution is -2.38. The van der Waals surface area contributed by atoms with Gasteiger partial charge in [0.05, 0.1) is 17.5 Å². The van der Waals surface area contributed by atoms with E-state index in [0.717, 1.165) is 12.1 Å². The van der Waals surface area contributed by atoms with E-state index >= 15 is 0 Å². The van der Waals surface area contributed by atoms with Gasteiger partial charge in [-0.2, -0.15) is 13.2 Å². The number of carbonyl (C=O) groups is 2. The molecule has 0 bridgehead atoms. The monoisotopic (exact) mass is 437 g/mol. The van der Waals surface area contributed by atoms with E-state index in [1.807, 2.05) is 4.90 Å². The van der Waals surface area contributed by atoms with Gasteiger partial charge in [-0.3, -0.25) is 9.59 Å². The zero-order valence-electron chi connectivity index (χ0n) is 17.1. The van der Waals surface area contributed by atoms with Gasteiger partial charge in [0.1, 0.15) is 5.82 Å². The van der Waals surface area contributed by atoms with Crippen molar-refractivity contribution in [1.29, 1.82) is 0 Å². The molecule has 2 unspecified atom stereocenters. The van der Waals surface area contributed by atoms with Crippen molar-refractivity contribution in [2.75, 3.05) is 32.1 Å². The number of anilines is 1. The number of nitrogens with zero attached hydrogens (tertiary/aromatic N) is 2. The van der Waals surface area contributed by atoms with Gasteiger partial charge in [0, 0.05) is 25.2 Å². The summed E-state index contributed by atoms with van der Waals surface area (Å²) in [4.78, 5) is 28.1. The molecule has 1 fully saturated rings. The van der Waals surface area contributed by atoms with Crippen LogP contribution in [-0.4, -0.2) is 43.9 Å². The molecule has 31 heavy (non-hydrogen) atoms. The van der Waals surface area contributed by atoms with Crippen molar-refractivity contribution in [3.8, 4) is 0 Å². The average molecular weight is 437 g/mol. The molecule has 9 heteroatoms. The van der Waals surface area contributed by atoms with E-state index in [1.165, 1.54) is 29.2 Å². The Morgan fingerprint density at radius 1 is 1.19 bits per heavy atom. The molecule has 1 aliphatic rings. The number of nitrogens with one attached hydrogen (secondary N) is 1. The zero-order chi connectivity index (χ0) is 22.8. The topological polar surface area (TPSA) is 52.7 Å². The summed E-state index contributed by atoms with van der Waals surface area (Å²) >= 11 is 0. The molecule has 1 aliphatic heterocycles. The number of alkyl halides is 3. The summed E-state index contributed by atoms with van der Waals surface area (Å²) in [6.07, 6.45) is -4.61. The standard InChI is InChI=1S/C22H23F4N3O2/c1-28(2)19(14-5-3-7-17(23)9-14)12-27-21(31)15-10-20(30)29(13-15)18-8-4-6-16(11-18)22(24,25)26/h3-9,11,15,19H,10,12-13H2,1-2H3,(H,27,31). The number of amides is 2. The van der Waals surface area contributed by atoms with Crippen LogP contribution in [0.1, 0.15) is 23.6 Å². The van der Waals surface area contributed by atoms with Crippen LogP contribution in [0.3, 0.4) is 0 Å². The molecule has 1 N–H and O–H groups in total. The smallest absolute Gasteiger partial charge is 0.354 e. The highest BCUT2D eigenvalue weighted by molar-refractivity contribution is 6.00. The largest absolute Gasteiger partial charge is 0.416 e. The SMILES string of the molecule is CN(C)C(CNC(=O)C1CC(=O)N(c2cccc(C(F)(F)F)c2)C1)c1cccc(F)c1. The van der Waals surface area contributed by atoms with Gasteiger partial charge in [0.25, 0.3) is 0 Å². The fourth-order valence-corrected chi connectivity index (χ4v) is 3.64. The molecule has 2 atom stereocenters. The maximum atomic E-state index is 13.6. The molecule has 1 saturated heterocycles. The Labute approximate surface area is 177 Å². The van der Waals surface area contributed by atoms with Gasteiger partial charge in [-0.25, -0.2) is 4.39 Å². The first-order valence-electron chi connectivity index (χ1n) is 9.73. The zero-order valence-corrected chi connectivity index (χ0v) is 17.1. The van der Waals surface area contributed by atoms with E-state index < -0.39 is 23.6 Å². The van der Waals surface area contributed by atoms with E-state index in [4.69, 9.17) is 0 Å². The minimum atomic E-state index is -4.52. The summed E-state index contributed by atoms with van der Waals surface area (Å²) in [6.45, 7) is 0.197. The second-order valence-electron chi connectivity index (χ2n) is 7.73. The molecule has 0 radical (unpaired) electrons. The molecular weight excluding hydrogens is 414 g/mol. The molecular formula is C22H23F4N3O2. The van der Waals surface area contributed by atoms with Gasteiger partial charge >= 0.3 is 6.18 Å². The first-order chi connectivity index (χ1) is 14.6. The fourth-order valence-electron chi connectivity index (χ4n) is 3.64. The van der Waals surface area contributed by atoms with Crippen molar-refractivity contribution in [1.82, 2.24) is 10.2 Å². The van der Waals surface area contributed by atoms with Crippen molar-refractivity contribution in [3.05, 3.63) is 65.5 Å². The normalized spacial score (nSPS) is 17.8. The lowest BCUT2D eigenvalue weighted by atomic mass is 10.0. The van der Waals surface area contributed by atoms with Crippen LogP contribution in [0.2, 0.25) is 0 Å². The number of benzene rings is 2. The van der Waals surface area contributed by atoms with Crippen LogP contribution in [0.15, 0.2) is 48.5 Å². The van der Waals surface area contributed by atoms with Gasteiger partial charge in [-0.05, 0) is 50.0 Å². The third-order valence-corrected chi connectivity index (χ3v) is 5.31. The van der Waals surface area contributed by atoms with Crippen LogP contribution >= 0.6 is 0 Å². The van der Waals surface area contributed by atoms with Crippen molar-refractivity contribution < 1.29 is 27.2 Å². The number of carbonyl (C=O) groups excluding carboxylic acids is 2. The highest BCUT2D eigenvalue weighted by atomic mass is 19.4. The summed E-state index contributed by atoms with van der Waals surface area (Å²) in [7, 11) is 3.60. The van der Waals surface area contributed by atoms with Crippen LogP contribution in [0.5, 0.6) is 0 Å². The number of halogens is 4. The minimum absolute atomic E-state index is 0.00142. The van der Waals surface area contributed by atoms with Crippen LogP contribution in [0.4, 0.5) is 23.2 Å². The predicted molar refractivity (Wildman–Crippen MR) is 108 cm³/mol. The van der Waals surface area contributed by atoms with Crippen molar-refractivity contribution in [3.63, 3.8) is 0 Å². The number of hydrogen-bond acceptors (Lipinski definition) is 3. The maximum Gasteiger partial charge on any atom is 0.416 e. The van der Waals surface area contributed by atoms with Crippen molar-refractivity contribution >= 4 is 17.5 Å². The molecule has 0 saturated carbocycles. The van der Waals surface area contributed by atoms with E-state index in [0.29, 0.717) is 5.56 Å². The van der Waals surface area contributed by atoms with Gasteiger partial charge in [-0.15, -0.1) is 0 Å². The Hall–Kier alpha value is -2.94. The van der Waals surface area contributed by atoms with E-state index in [9.17, 15) is 27.2 Å². The lowest BCUT2D eigenvalue weighted by molar-refractivity contribution is -0.137. The highest BCUT2D eigenvalue weighted by Crippen LogP contribution is 2.33. The van der Waals surface area contributed by atoms with E-state index in [2.05, 4.69) is 5.32 Å². The number of likely N-dealkylation sites (N-methyl/N-ethyl adjacent to an activating group) is 1. The summed E-state index contributed by atoms with van der Waals surface area (Å²) < 4.78 is 52.5. The van der Waals surface area contributed by atoms with Crippen LogP contribution in [-0.2, 0) is 15.8 Å². The van der Waals surface area contributed by atoms with E-state index in [1.54, 1.807) is 26.2 Å². The summed E-state index contributed by atoms with van der Waals surface area (Å²) in [5.74, 6) is -1.84. The lowest BCUT2D eigenvalue weighted by Gasteiger charge is -2.26. The Bertz CT molecular complexity index is 962. The Kier molecular flexibility index (Phi) is 6.64. The second-order valence-corrected chi connectivity index (χ2v) is 7.73. The second kappa shape index (κ2) is 9.05. The molecule has 166 valence electrons. The summed E-state index contributed by atoms with van der Waals surface area (Å²) in [5.41, 5.74) is -0.0472. The van der Waals surface area contributed by atoms with Crippen molar-refractivity contribution in [2.24, 2.45) is 5.92 Å². The first-order valence-corrected chi connectivity index (χ1v) is 9.73. The molecule has 0 aromatic heterocycles. The highest BCUT2D eigenvalue weighted by Gasteiger charge is 2.37. The fraction of sp³-hybridized carbons (Fsp3) is 0.364. The van der Waals surface area contributed by atoms with E-state index in [-0.39, 0.29) is 43.0 Å². The summed E-state index contributed by atoms with van der Waals surface area (Å²) in [6, 6.07) is 10.3. The van der Waals surface area contributed by atoms with Crippen LogP contribution in [0, 0.1) is 11.7 Å². The molecule has 2 aromatic carbocycles. The van der Waals surface area contributed by atoms with Crippen LogP contribution < -0.4 is 10.2 Å². The van der Waals surface area contributed by atoms with Gasteiger partial charge in [-0.1, -0.05) is 18.2 Å².